The van der Waals surface area contributed by atoms with Crippen LogP contribution >= 0.6 is 15.9 Å². The molecule has 1 aromatic carbocycles. The number of aromatic amines is 1. The minimum Gasteiger partial charge on any atom is -0.354 e. The average molecular weight is 316 g/mol. The maximum absolute atomic E-state index is 3.90. The SMILES string of the molecule is C=Cc1[nH]c2c(=C/C)/c(=C\C)cc(Br)c2c1/C=C\C. The molecule has 0 bridgehead atoms. The van der Waals surface area contributed by atoms with Crippen molar-refractivity contribution in [1.29, 1.82) is 0 Å². The number of fused-ring (bicyclic) bond motifs is 1. The van der Waals surface area contributed by atoms with Crippen molar-refractivity contribution in [3.05, 3.63) is 44.9 Å². The van der Waals surface area contributed by atoms with Crippen LogP contribution in [0.15, 0.2) is 23.2 Å². The monoisotopic (exact) mass is 315 g/mol. The summed E-state index contributed by atoms with van der Waals surface area (Å²) in [6, 6.07) is 2.17. The fourth-order valence-corrected chi connectivity index (χ4v) is 3.12. The largest absolute Gasteiger partial charge is 0.354 e. The highest BCUT2D eigenvalue weighted by Crippen LogP contribution is 2.28. The van der Waals surface area contributed by atoms with Crippen molar-refractivity contribution < 1.29 is 0 Å². The molecule has 0 aliphatic heterocycles. The maximum atomic E-state index is 3.90. The lowest BCUT2D eigenvalue weighted by molar-refractivity contribution is 1.39. The molecule has 1 heterocycles. The quantitative estimate of drug-likeness (QED) is 0.854. The first-order chi connectivity index (χ1) is 9.17. The van der Waals surface area contributed by atoms with Crippen LogP contribution in [-0.4, -0.2) is 4.98 Å². The number of halogens is 1. The number of allylic oxidation sites excluding steroid dienone is 1. The van der Waals surface area contributed by atoms with Gasteiger partial charge in [0.2, 0.25) is 0 Å². The third-order valence-corrected chi connectivity index (χ3v) is 3.93. The first-order valence-corrected chi connectivity index (χ1v) is 7.19. The van der Waals surface area contributed by atoms with E-state index < -0.39 is 0 Å². The van der Waals surface area contributed by atoms with Crippen molar-refractivity contribution in [3.63, 3.8) is 0 Å². The minimum absolute atomic E-state index is 1.06. The van der Waals surface area contributed by atoms with Gasteiger partial charge >= 0.3 is 0 Å². The molecule has 0 amide bonds. The van der Waals surface area contributed by atoms with Gasteiger partial charge in [-0.25, -0.2) is 0 Å². The summed E-state index contributed by atoms with van der Waals surface area (Å²) in [6.45, 7) is 10.1. The molecule has 1 N–H and O–H groups in total. The highest BCUT2D eigenvalue weighted by Gasteiger charge is 2.11. The molecular formula is C17H18BrN. The van der Waals surface area contributed by atoms with Gasteiger partial charge in [0.1, 0.15) is 0 Å². The lowest BCUT2D eigenvalue weighted by atomic mass is 10.1. The van der Waals surface area contributed by atoms with E-state index in [2.05, 4.69) is 71.7 Å². The Hall–Kier alpha value is -1.54. The van der Waals surface area contributed by atoms with Crippen molar-refractivity contribution in [2.75, 3.05) is 0 Å². The van der Waals surface area contributed by atoms with E-state index in [-0.39, 0.29) is 0 Å². The van der Waals surface area contributed by atoms with Gasteiger partial charge in [0.25, 0.3) is 0 Å². The van der Waals surface area contributed by atoms with Crippen molar-refractivity contribution in [2.45, 2.75) is 20.8 Å². The van der Waals surface area contributed by atoms with Gasteiger partial charge in [-0.1, -0.05) is 46.8 Å². The van der Waals surface area contributed by atoms with Gasteiger partial charge in [0.15, 0.2) is 0 Å². The summed E-state index contributed by atoms with van der Waals surface area (Å²) < 4.78 is 1.11. The molecular weight excluding hydrogens is 298 g/mol. The number of hydrogen-bond acceptors (Lipinski definition) is 0. The molecule has 2 aromatic rings. The summed E-state index contributed by atoms with van der Waals surface area (Å²) in [5.41, 5.74) is 3.41. The summed E-state index contributed by atoms with van der Waals surface area (Å²) in [6.07, 6.45) is 10.3. The van der Waals surface area contributed by atoms with Crippen molar-refractivity contribution >= 4 is 51.1 Å². The van der Waals surface area contributed by atoms with Crippen molar-refractivity contribution in [2.24, 2.45) is 0 Å². The molecule has 1 nitrogen and oxygen atoms in total. The second kappa shape index (κ2) is 5.62. The van der Waals surface area contributed by atoms with Gasteiger partial charge in [-0.15, -0.1) is 0 Å². The Balaban J connectivity index is 3.13. The highest BCUT2D eigenvalue weighted by molar-refractivity contribution is 9.10. The average Bonchev–Trinajstić information content (AvgIpc) is 2.78. The Morgan fingerprint density at radius 2 is 1.95 bits per heavy atom. The molecule has 0 saturated heterocycles. The predicted molar refractivity (Wildman–Crippen MR) is 90.3 cm³/mol. The Morgan fingerprint density at radius 1 is 1.21 bits per heavy atom. The zero-order valence-electron chi connectivity index (χ0n) is 11.5. The highest BCUT2D eigenvalue weighted by atomic mass is 79.9. The Labute approximate surface area is 122 Å². The molecule has 2 heteroatoms. The topological polar surface area (TPSA) is 15.8 Å². The standard InChI is InChI=1S/C17H18BrN/c1-5-9-13-15(8-4)19-17-12(7-3)11(6-2)10-14(18)16(13)17/h5-10,19H,4H2,1-3H3/b9-5-,11-6-,12-7+. The second-order valence-corrected chi connectivity index (χ2v) is 5.20. The van der Waals surface area contributed by atoms with Crippen molar-refractivity contribution in [3.8, 4) is 0 Å². The molecule has 0 aliphatic carbocycles. The van der Waals surface area contributed by atoms with Gasteiger partial charge in [0, 0.05) is 26.3 Å². The van der Waals surface area contributed by atoms with Crippen LogP contribution in [0.4, 0.5) is 0 Å². The van der Waals surface area contributed by atoms with Crippen LogP contribution < -0.4 is 10.4 Å². The molecule has 0 aliphatic rings. The Morgan fingerprint density at radius 3 is 2.47 bits per heavy atom. The minimum atomic E-state index is 1.06. The van der Waals surface area contributed by atoms with Crippen LogP contribution in [0.5, 0.6) is 0 Å². The number of H-pyrrole nitrogens is 1. The lowest BCUT2D eigenvalue weighted by Gasteiger charge is -2.00. The lowest BCUT2D eigenvalue weighted by Crippen LogP contribution is -2.25. The van der Waals surface area contributed by atoms with E-state index in [1.807, 2.05) is 13.0 Å². The van der Waals surface area contributed by atoms with E-state index in [4.69, 9.17) is 0 Å². The number of rotatable bonds is 2. The van der Waals surface area contributed by atoms with Crippen LogP contribution in [0.3, 0.4) is 0 Å². The van der Waals surface area contributed by atoms with Crippen LogP contribution in [0.2, 0.25) is 0 Å². The van der Waals surface area contributed by atoms with E-state index >= 15 is 0 Å². The normalized spacial score (nSPS) is 13.9. The zero-order chi connectivity index (χ0) is 14.0. The van der Waals surface area contributed by atoms with Gasteiger partial charge in [0.05, 0.1) is 5.52 Å². The predicted octanol–water partition coefficient (Wildman–Crippen LogP) is 4.21. The molecule has 0 saturated carbocycles. The summed E-state index contributed by atoms with van der Waals surface area (Å²) in [7, 11) is 0. The molecule has 0 unspecified atom stereocenters. The fourth-order valence-electron chi connectivity index (χ4n) is 2.47. The van der Waals surface area contributed by atoms with Crippen LogP contribution in [0.1, 0.15) is 32.0 Å². The molecule has 0 atom stereocenters. The van der Waals surface area contributed by atoms with Gasteiger partial charge < -0.3 is 4.98 Å². The first kappa shape index (κ1) is 13.9. The molecule has 2 rings (SSSR count). The number of hydrogen-bond donors (Lipinski definition) is 1. The van der Waals surface area contributed by atoms with Crippen LogP contribution in [-0.2, 0) is 0 Å². The summed E-state index contributed by atoms with van der Waals surface area (Å²) >= 11 is 3.69. The molecule has 0 fully saturated rings. The second-order valence-electron chi connectivity index (χ2n) is 4.35. The van der Waals surface area contributed by atoms with Gasteiger partial charge in [-0.05, 0) is 38.1 Å². The molecule has 0 radical (unpaired) electrons. The summed E-state index contributed by atoms with van der Waals surface area (Å²) in [5.74, 6) is 0. The molecule has 0 spiro atoms. The molecule has 1 aromatic heterocycles. The summed E-state index contributed by atoms with van der Waals surface area (Å²) in [5, 5.41) is 3.68. The first-order valence-electron chi connectivity index (χ1n) is 6.39. The van der Waals surface area contributed by atoms with E-state index in [1.54, 1.807) is 0 Å². The van der Waals surface area contributed by atoms with E-state index in [0.29, 0.717) is 0 Å². The third-order valence-electron chi connectivity index (χ3n) is 3.31. The number of nitrogens with one attached hydrogen (secondary N) is 1. The summed E-state index contributed by atoms with van der Waals surface area (Å²) in [4.78, 5) is 3.48. The number of benzene rings is 1. The smallest absolute Gasteiger partial charge is 0.0552 e. The van der Waals surface area contributed by atoms with Crippen LogP contribution in [0, 0.1) is 0 Å². The third kappa shape index (κ3) is 2.21. The van der Waals surface area contributed by atoms with Gasteiger partial charge in [-0.3, -0.25) is 0 Å². The number of aromatic nitrogens is 1. The zero-order valence-corrected chi connectivity index (χ0v) is 13.1. The Bertz CT molecular complexity index is 776. The van der Waals surface area contributed by atoms with Crippen LogP contribution in [0.25, 0.3) is 35.2 Å². The van der Waals surface area contributed by atoms with Crippen molar-refractivity contribution in [1.82, 2.24) is 4.98 Å². The van der Waals surface area contributed by atoms with E-state index in [0.717, 1.165) is 15.7 Å². The van der Waals surface area contributed by atoms with E-state index in [1.165, 1.54) is 21.4 Å². The molecule has 19 heavy (non-hydrogen) atoms. The van der Waals surface area contributed by atoms with Gasteiger partial charge in [-0.2, -0.15) is 0 Å². The fraction of sp³-hybridized carbons (Fsp3) is 0.176. The maximum Gasteiger partial charge on any atom is 0.0552 e. The van der Waals surface area contributed by atoms with E-state index in [9.17, 15) is 0 Å². The molecule has 98 valence electrons. The Kier molecular flexibility index (Phi) is 4.11.